The Morgan fingerprint density at radius 2 is 1.72 bits per heavy atom. The second-order valence-electron chi connectivity index (χ2n) is 5.96. The molecule has 1 aliphatic heterocycles. The fourth-order valence-corrected chi connectivity index (χ4v) is 2.89. The summed E-state index contributed by atoms with van der Waals surface area (Å²) in [6.45, 7) is 4.32. The van der Waals surface area contributed by atoms with Gasteiger partial charge in [0.25, 0.3) is 0 Å². The summed E-state index contributed by atoms with van der Waals surface area (Å²) in [5.74, 6) is 1.03. The molecule has 0 bridgehead atoms. The van der Waals surface area contributed by atoms with Gasteiger partial charge in [-0.15, -0.1) is 0 Å². The zero-order valence-corrected chi connectivity index (χ0v) is 13.7. The standard InChI is InChI=1S/C18H18FN5O/c19-15-4-2-14(3-5-15)17-22-16(13-25-17)12-23-8-10-24(11-9-23)18-20-6-1-7-21-18/h1-7,13H,8-12H2. The number of nitrogens with zero attached hydrogens (tertiary/aromatic N) is 5. The lowest BCUT2D eigenvalue weighted by Gasteiger charge is -2.34. The largest absolute Gasteiger partial charge is 0.444 e. The average Bonchev–Trinajstić information content (AvgIpc) is 3.12. The highest BCUT2D eigenvalue weighted by molar-refractivity contribution is 5.52. The Morgan fingerprint density at radius 3 is 2.44 bits per heavy atom. The van der Waals surface area contributed by atoms with E-state index in [1.54, 1.807) is 30.8 Å². The van der Waals surface area contributed by atoms with Gasteiger partial charge in [-0.3, -0.25) is 4.90 Å². The fourth-order valence-electron chi connectivity index (χ4n) is 2.89. The van der Waals surface area contributed by atoms with Crippen molar-refractivity contribution in [3.63, 3.8) is 0 Å². The molecule has 128 valence electrons. The maximum absolute atomic E-state index is 13.0. The van der Waals surface area contributed by atoms with Crippen LogP contribution in [0.25, 0.3) is 11.5 Å². The average molecular weight is 339 g/mol. The van der Waals surface area contributed by atoms with Crippen LogP contribution in [0.3, 0.4) is 0 Å². The van der Waals surface area contributed by atoms with E-state index in [-0.39, 0.29) is 5.82 Å². The van der Waals surface area contributed by atoms with E-state index >= 15 is 0 Å². The van der Waals surface area contributed by atoms with Crippen LogP contribution in [0.4, 0.5) is 10.3 Å². The predicted molar refractivity (Wildman–Crippen MR) is 91.4 cm³/mol. The van der Waals surface area contributed by atoms with Crippen molar-refractivity contribution < 1.29 is 8.81 Å². The Hall–Kier alpha value is -2.80. The van der Waals surface area contributed by atoms with Gasteiger partial charge in [0, 0.05) is 50.7 Å². The van der Waals surface area contributed by atoms with Crippen molar-refractivity contribution in [2.24, 2.45) is 0 Å². The molecule has 0 atom stereocenters. The maximum atomic E-state index is 13.0. The van der Waals surface area contributed by atoms with Crippen molar-refractivity contribution in [2.75, 3.05) is 31.1 Å². The van der Waals surface area contributed by atoms with Crippen molar-refractivity contribution in [1.29, 1.82) is 0 Å². The number of hydrogen-bond acceptors (Lipinski definition) is 6. The molecule has 0 radical (unpaired) electrons. The topological polar surface area (TPSA) is 58.3 Å². The van der Waals surface area contributed by atoms with Gasteiger partial charge < -0.3 is 9.32 Å². The third kappa shape index (κ3) is 3.66. The van der Waals surface area contributed by atoms with Crippen molar-refractivity contribution >= 4 is 5.95 Å². The molecule has 2 aromatic heterocycles. The highest BCUT2D eigenvalue weighted by atomic mass is 19.1. The minimum absolute atomic E-state index is 0.268. The number of benzene rings is 1. The molecule has 4 rings (SSSR count). The van der Waals surface area contributed by atoms with Crippen molar-refractivity contribution in [3.8, 4) is 11.5 Å². The van der Waals surface area contributed by atoms with Crippen LogP contribution in [0.1, 0.15) is 5.69 Å². The van der Waals surface area contributed by atoms with E-state index in [2.05, 4.69) is 24.8 Å². The zero-order chi connectivity index (χ0) is 17.1. The smallest absolute Gasteiger partial charge is 0.226 e. The Balaban J connectivity index is 1.35. The van der Waals surface area contributed by atoms with Gasteiger partial charge in [0.15, 0.2) is 0 Å². The van der Waals surface area contributed by atoms with E-state index in [1.165, 1.54) is 12.1 Å². The third-order valence-electron chi connectivity index (χ3n) is 4.24. The van der Waals surface area contributed by atoms with Crippen molar-refractivity contribution in [2.45, 2.75) is 6.54 Å². The van der Waals surface area contributed by atoms with E-state index in [1.807, 2.05) is 6.07 Å². The molecule has 7 heteroatoms. The van der Waals surface area contributed by atoms with Gasteiger partial charge in [0.1, 0.15) is 12.1 Å². The first-order valence-corrected chi connectivity index (χ1v) is 8.22. The van der Waals surface area contributed by atoms with Crippen LogP contribution in [-0.4, -0.2) is 46.0 Å². The summed E-state index contributed by atoms with van der Waals surface area (Å²) in [4.78, 5) is 17.6. The van der Waals surface area contributed by atoms with Crippen LogP contribution in [0.5, 0.6) is 0 Å². The van der Waals surface area contributed by atoms with E-state index in [9.17, 15) is 4.39 Å². The zero-order valence-electron chi connectivity index (χ0n) is 13.7. The normalized spacial score (nSPS) is 15.5. The molecule has 0 N–H and O–H groups in total. The van der Waals surface area contributed by atoms with E-state index in [0.717, 1.165) is 49.9 Å². The molecule has 0 amide bonds. The minimum atomic E-state index is -0.268. The lowest BCUT2D eigenvalue weighted by Crippen LogP contribution is -2.46. The molecule has 0 spiro atoms. The van der Waals surface area contributed by atoms with Crippen LogP contribution in [0.2, 0.25) is 0 Å². The molecule has 0 unspecified atom stereocenters. The number of aromatic nitrogens is 3. The quantitative estimate of drug-likeness (QED) is 0.728. The van der Waals surface area contributed by atoms with Crippen LogP contribution in [0, 0.1) is 5.82 Å². The Labute approximate surface area is 145 Å². The molecule has 1 saturated heterocycles. The molecular weight excluding hydrogens is 321 g/mol. The predicted octanol–water partition coefficient (Wildman–Crippen LogP) is 2.59. The molecule has 1 fully saturated rings. The fraction of sp³-hybridized carbons (Fsp3) is 0.278. The number of rotatable bonds is 4. The summed E-state index contributed by atoms with van der Waals surface area (Å²) in [6.07, 6.45) is 5.20. The third-order valence-corrected chi connectivity index (χ3v) is 4.24. The number of halogens is 1. The summed E-state index contributed by atoms with van der Waals surface area (Å²) in [5.41, 5.74) is 1.66. The summed E-state index contributed by atoms with van der Waals surface area (Å²) < 4.78 is 18.5. The maximum Gasteiger partial charge on any atom is 0.226 e. The number of anilines is 1. The van der Waals surface area contributed by atoms with E-state index in [0.29, 0.717) is 5.89 Å². The van der Waals surface area contributed by atoms with Crippen molar-refractivity contribution in [3.05, 3.63) is 60.5 Å². The molecule has 25 heavy (non-hydrogen) atoms. The molecule has 3 heterocycles. The second kappa shape index (κ2) is 6.98. The Kier molecular flexibility index (Phi) is 4.39. The first kappa shape index (κ1) is 15.7. The van der Waals surface area contributed by atoms with Gasteiger partial charge in [-0.2, -0.15) is 0 Å². The van der Waals surface area contributed by atoms with Crippen LogP contribution in [-0.2, 0) is 6.54 Å². The minimum Gasteiger partial charge on any atom is -0.444 e. The van der Waals surface area contributed by atoms with Gasteiger partial charge in [-0.25, -0.2) is 19.3 Å². The van der Waals surface area contributed by atoms with Crippen molar-refractivity contribution in [1.82, 2.24) is 19.9 Å². The van der Waals surface area contributed by atoms with Crippen LogP contribution < -0.4 is 4.90 Å². The molecule has 1 aromatic carbocycles. The Bertz CT molecular complexity index is 813. The SMILES string of the molecule is Fc1ccc(-c2nc(CN3CCN(c4ncccn4)CC3)co2)cc1. The van der Waals surface area contributed by atoms with Gasteiger partial charge in [0.05, 0.1) is 5.69 Å². The van der Waals surface area contributed by atoms with E-state index < -0.39 is 0 Å². The second-order valence-corrected chi connectivity index (χ2v) is 5.96. The highest BCUT2D eigenvalue weighted by Crippen LogP contribution is 2.20. The number of hydrogen-bond donors (Lipinski definition) is 0. The molecule has 3 aromatic rings. The van der Waals surface area contributed by atoms with Gasteiger partial charge >= 0.3 is 0 Å². The number of piperazine rings is 1. The first-order chi connectivity index (χ1) is 12.3. The molecule has 0 aliphatic carbocycles. The summed E-state index contributed by atoms with van der Waals surface area (Å²) in [6, 6.07) is 7.98. The Morgan fingerprint density at radius 1 is 1.00 bits per heavy atom. The first-order valence-electron chi connectivity index (χ1n) is 8.22. The monoisotopic (exact) mass is 339 g/mol. The van der Waals surface area contributed by atoms with Gasteiger partial charge in [-0.1, -0.05) is 0 Å². The lowest BCUT2D eigenvalue weighted by molar-refractivity contribution is 0.246. The highest BCUT2D eigenvalue weighted by Gasteiger charge is 2.20. The van der Waals surface area contributed by atoms with E-state index in [4.69, 9.17) is 4.42 Å². The lowest BCUT2D eigenvalue weighted by atomic mass is 10.2. The molecule has 0 saturated carbocycles. The summed E-state index contributed by atoms with van der Waals surface area (Å²) >= 11 is 0. The summed E-state index contributed by atoms with van der Waals surface area (Å²) in [5, 5.41) is 0. The van der Waals surface area contributed by atoms with Crippen LogP contribution in [0.15, 0.2) is 53.4 Å². The molecule has 6 nitrogen and oxygen atoms in total. The summed E-state index contributed by atoms with van der Waals surface area (Å²) in [7, 11) is 0. The number of oxazole rings is 1. The molecular formula is C18H18FN5O. The van der Waals surface area contributed by atoms with Gasteiger partial charge in [-0.05, 0) is 30.3 Å². The van der Waals surface area contributed by atoms with Crippen LogP contribution >= 0.6 is 0 Å². The van der Waals surface area contributed by atoms with Gasteiger partial charge in [0.2, 0.25) is 11.8 Å². The molecule has 1 aliphatic rings.